The Morgan fingerprint density at radius 1 is 0.484 bits per heavy atom. The molecule has 0 saturated carbocycles. The summed E-state index contributed by atoms with van der Waals surface area (Å²) >= 11 is 0. The molecule has 0 fully saturated rings. The van der Waals surface area contributed by atoms with Gasteiger partial charge in [-0.15, -0.1) is 0 Å². The number of phosphoric acid groups is 1. The van der Waals surface area contributed by atoms with Crippen molar-refractivity contribution in [1.82, 2.24) is 0 Å². The van der Waals surface area contributed by atoms with Crippen LogP contribution >= 0.6 is 7.82 Å². The number of likely N-dealkylation sites (N-methyl/N-ethyl adjacent to an activating group) is 1. The second-order valence-corrected chi connectivity index (χ2v) is 20.4. The van der Waals surface area contributed by atoms with Gasteiger partial charge in [0.15, 0.2) is 6.10 Å². The van der Waals surface area contributed by atoms with E-state index in [0.29, 0.717) is 17.4 Å². The second-order valence-electron chi connectivity index (χ2n) is 18.9. The minimum Gasteiger partial charge on any atom is -0.462 e. The topological polar surface area (TPSA) is 108 Å². The smallest absolute Gasteiger partial charge is 0.462 e. The largest absolute Gasteiger partial charge is 0.472 e. The van der Waals surface area contributed by atoms with Crippen molar-refractivity contribution in [3.8, 4) is 0 Å². The molecule has 0 radical (unpaired) electrons. The summed E-state index contributed by atoms with van der Waals surface area (Å²) in [7, 11) is 1.45. The van der Waals surface area contributed by atoms with Gasteiger partial charge in [-0.2, -0.15) is 0 Å². The van der Waals surface area contributed by atoms with Gasteiger partial charge in [-0.05, 0) is 51.4 Å². The molecule has 0 saturated heterocycles. The Hall–Kier alpha value is -2.03. The maximum Gasteiger partial charge on any atom is 0.472 e. The Bertz CT molecular complexity index is 1230. The van der Waals surface area contributed by atoms with Gasteiger partial charge in [-0.3, -0.25) is 18.6 Å². The van der Waals surface area contributed by atoms with Gasteiger partial charge >= 0.3 is 19.8 Å². The fourth-order valence-corrected chi connectivity index (χ4v) is 7.99. The average Bonchev–Trinajstić information content (AvgIpc) is 3.25. The van der Waals surface area contributed by atoms with Crippen LogP contribution in [0.25, 0.3) is 0 Å². The van der Waals surface area contributed by atoms with Gasteiger partial charge in [0.2, 0.25) is 0 Å². The lowest BCUT2D eigenvalue weighted by atomic mass is 10.0. The van der Waals surface area contributed by atoms with E-state index in [1.54, 1.807) is 0 Å². The number of allylic oxidation sites excluding steroid dienone is 8. The predicted molar refractivity (Wildman–Crippen MR) is 270 cm³/mol. The minimum absolute atomic E-state index is 0.0216. The van der Waals surface area contributed by atoms with Gasteiger partial charge < -0.3 is 18.9 Å². The summed E-state index contributed by atoms with van der Waals surface area (Å²) in [6.45, 7) is 4.36. The number of carbonyl (C=O) groups excluding carboxylic acids is 2. The number of carbonyl (C=O) groups is 2. The van der Waals surface area contributed by atoms with E-state index in [9.17, 15) is 19.0 Å². The first-order valence-corrected chi connectivity index (χ1v) is 27.9. The van der Waals surface area contributed by atoms with Crippen LogP contribution in [0.5, 0.6) is 0 Å². The highest BCUT2D eigenvalue weighted by molar-refractivity contribution is 7.47. The molecule has 10 heteroatoms. The van der Waals surface area contributed by atoms with E-state index in [-0.39, 0.29) is 32.0 Å². The van der Waals surface area contributed by atoms with Crippen molar-refractivity contribution in [3.63, 3.8) is 0 Å². The number of hydrogen-bond donors (Lipinski definition) is 1. The molecule has 0 aromatic rings. The number of esters is 2. The summed E-state index contributed by atoms with van der Waals surface area (Å²) in [5.74, 6) is -0.856. The third-order valence-corrected chi connectivity index (χ3v) is 12.3. The molecule has 2 atom stereocenters. The number of quaternary nitrogens is 1. The van der Waals surface area contributed by atoms with Crippen molar-refractivity contribution in [1.29, 1.82) is 0 Å². The van der Waals surface area contributed by atoms with Crippen LogP contribution in [0.2, 0.25) is 0 Å². The third-order valence-electron chi connectivity index (χ3n) is 11.4. The van der Waals surface area contributed by atoms with Crippen LogP contribution < -0.4 is 0 Å². The summed E-state index contributed by atoms with van der Waals surface area (Å²) in [6.07, 6.45) is 56.1. The Balaban J connectivity index is 4.25. The molecule has 1 N–H and O–H groups in total. The predicted octanol–water partition coefficient (Wildman–Crippen LogP) is 15.8. The number of unbranched alkanes of at least 4 members (excludes halogenated alkanes) is 26. The van der Waals surface area contributed by atoms with Gasteiger partial charge in [0.1, 0.15) is 19.8 Å². The number of phosphoric ester groups is 1. The van der Waals surface area contributed by atoms with Gasteiger partial charge in [0, 0.05) is 12.8 Å². The first-order valence-electron chi connectivity index (χ1n) is 26.4. The van der Waals surface area contributed by atoms with Gasteiger partial charge in [0.25, 0.3) is 0 Å². The van der Waals surface area contributed by atoms with Crippen molar-refractivity contribution < 1.29 is 42.1 Å². The third kappa shape index (κ3) is 49.4. The highest BCUT2D eigenvalue weighted by atomic mass is 31.2. The fraction of sp³-hybridized carbons (Fsp3) is 0.815. The maximum absolute atomic E-state index is 12.7. The van der Waals surface area contributed by atoms with E-state index in [2.05, 4.69) is 62.5 Å². The molecule has 1 unspecified atom stereocenters. The first kappa shape index (κ1) is 62.0. The molecule has 0 aliphatic heterocycles. The molecule has 0 rings (SSSR count). The Labute approximate surface area is 394 Å². The summed E-state index contributed by atoms with van der Waals surface area (Å²) in [5, 5.41) is 0. The van der Waals surface area contributed by atoms with E-state index in [0.717, 1.165) is 44.9 Å². The lowest BCUT2D eigenvalue weighted by Gasteiger charge is -2.24. The van der Waals surface area contributed by atoms with Crippen LogP contribution in [0.4, 0.5) is 0 Å². The first-order chi connectivity index (χ1) is 31.0. The molecule has 0 aromatic heterocycles. The normalized spacial score (nSPS) is 13.8. The minimum atomic E-state index is -4.39. The molecule has 0 heterocycles. The van der Waals surface area contributed by atoms with Crippen LogP contribution in [0, 0.1) is 0 Å². The zero-order chi connectivity index (χ0) is 47.1. The van der Waals surface area contributed by atoms with Crippen LogP contribution in [0.3, 0.4) is 0 Å². The van der Waals surface area contributed by atoms with Crippen LogP contribution in [-0.2, 0) is 32.7 Å². The number of nitrogens with zero attached hydrogens (tertiary/aromatic N) is 1. The van der Waals surface area contributed by atoms with Gasteiger partial charge in [0.05, 0.1) is 27.7 Å². The molecule has 374 valence electrons. The summed E-state index contributed by atoms with van der Waals surface area (Å²) in [6, 6.07) is 0. The van der Waals surface area contributed by atoms with Gasteiger partial charge in [-0.1, -0.05) is 217 Å². The Morgan fingerprint density at radius 3 is 1.30 bits per heavy atom. The lowest BCUT2D eigenvalue weighted by molar-refractivity contribution is -0.870. The number of ether oxygens (including phenoxy) is 2. The van der Waals surface area contributed by atoms with Gasteiger partial charge in [-0.25, -0.2) is 4.57 Å². The highest BCUT2D eigenvalue weighted by Crippen LogP contribution is 2.43. The Kier molecular flexibility index (Phi) is 44.6. The van der Waals surface area contributed by atoms with Crippen molar-refractivity contribution in [2.75, 3.05) is 47.5 Å². The van der Waals surface area contributed by atoms with Crippen LogP contribution in [-0.4, -0.2) is 74.9 Å². The summed E-state index contributed by atoms with van der Waals surface area (Å²) in [4.78, 5) is 35.5. The van der Waals surface area contributed by atoms with Crippen LogP contribution in [0.1, 0.15) is 232 Å². The molecule has 0 aliphatic carbocycles. The van der Waals surface area contributed by atoms with E-state index < -0.39 is 26.5 Å². The van der Waals surface area contributed by atoms with E-state index in [1.165, 1.54) is 154 Å². The fourth-order valence-electron chi connectivity index (χ4n) is 7.24. The standard InChI is InChI=1S/C54H100NO8P/c1-6-8-10-12-14-16-18-20-22-24-25-26-27-28-29-31-32-34-36-38-40-42-44-46-53(56)60-50-52(51-62-64(58,59)61-49-48-55(3,4)5)63-54(57)47-45-43-41-39-37-35-33-30-23-21-19-17-15-13-11-9-7-2/h15,17,21,23,33,35,39,41,52H,6-14,16,18-20,22,24-32,34,36-38,40,42-51H2,1-5H3/p+1/b17-15+,23-21+,35-33+,41-39+/t52-/m0/s1. The molecule has 0 amide bonds. The van der Waals surface area contributed by atoms with Crippen molar-refractivity contribution in [2.45, 2.75) is 238 Å². The Morgan fingerprint density at radius 2 is 0.859 bits per heavy atom. The van der Waals surface area contributed by atoms with E-state index >= 15 is 0 Å². The molecule has 64 heavy (non-hydrogen) atoms. The second kappa shape index (κ2) is 46.1. The maximum atomic E-state index is 12.7. The van der Waals surface area contributed by atoms with Crippen molar-refractivity contribution in [2.24, 2.45) is 0 Å². The zero-order valence-electron chi connectivity index (χ0n) is 42.3. The molecule has 0 aromatic carbocycles. The summed E-state index contributed by atoms with van der Waals surface area (Å²) < 4.78 is 34.4. The average molecular weight is 923 g/mol. The van der Waals surface area contributed by atoms with E-state index in [4.69, 9.17) is 18.5 Å². The zero-order valence-corrected chi connectivity index (χ0v) is 43.2. The van der Waals surface area contributed by atoms with Crippen molar-refractivity contribution >= 4 is 19.8 Å². The molecular formula is C54H101NO8P+. The molecule has 0 aliphatic rings. The van der Waals surface area contributed by atoms with Crippen LogP contribution in [0.15, 0.2) is 48.6 Å². The van der Waals surface area contributed by atoms with Crippen molar-refractivity contribution in [3.05, 3.63) is 48.6 Å². The number of rotatable bonds is 48. The monoisotopic (exact) mass is 923 g/mol. The number of hydrogen-bond acceptors (Lipinski definition) is 7. The molecular weight excluding hydrogens is 822 g/mol. The molecule has 0 spiro atoms. The lowest BCUT2D eigenvalue weighted by Crippen LogP contribution is -2.37. The molecule has 0 bridgehead atoms. The summed E-state index contributed by atoms with van der Waals surface area (Å²) in [5.41, 5.74) is 0. The SMILES string of the molecule is CCCCC/C=C/C/C=C/C/C=C/C/C=C/CCCC(=O)O[C@@H](COC(=O)CCCCCCCCCCCCCCCCCCCCCCCCC)COP(=O)(O)OCC[N+](C)(C)C. The quantitative estimate of drug-likeness (QED) is 0.0211. The molecule has 9 nitrogen and oxygen atoms in total. The highest BCUT2D eigenvalue weighted by Gasteiger charge is 2.27. The van der Waals surface area contributed by atoms with E-state index in [1.807, 2.05) is 21.1 Å².